The number of ether oxygens (including phenoxy) is 3. The fourth-order valence-electron chi connectivity index (χ4n) is 2.56. The average Bonchev–Trinajstić information content (AvgIpc) is 3.17. The summed E-state index contributed by atoms with van der Waals surface area (Å²) in [4.78, 5) is 12.4. The van der Waals surface area contributed by atoms with Gasteiger partial charge in [-0.3, -0.25) is 4.79 Å². The maximum Gasteiger partial charge on any atom is 0.387 e. The molecule has 1 N–H and O–H groups in total. The Labute approximate surface area is 166 Å². The number of anilines is 1. The van der Waals surface area contributed by atoms with Gasteiger partial charge >= 0.3 is 6.61 Å². The van der Waals surface area contributed by atoms with Crippen LogP contribution in [0, 0.1) is 6.92 Å². The van der Waals surface area contributed by atoms with Crippen molar-refractivity contribution >= 4 is 11.6 Å². The third-order valence-electron chi connectivity index (χ3n) is 3.98. The van der Waals surface area contributed by atoms with Crippen molar-refractivity contribution in [1.29, 1.82) is 0 Å². The van der Waals surface area contributed by atoms with E-state index < -0.39 is 12.5 Å². The number of benzene rings is 2. The standard InChI is InChI=1S/C21H19F2NO5/c1-13-10-16(29-21(22)23)6-8-18(13)24-20(25)19-9-7-17(28-19)12-27-15-5-3-4-14(11-15)26-2/h3-11,21H,12H2,1-2H3,(H,24,25). The number of halogens is 2. The van der Waals surface area contributed by atoms with E-state index in [1.165, 1.54) is 24.3 Å². The molecule has 0 spiro atoms. The average molecular weight is 403 g/mol. The molecule has 3 aromatic rings. The Morgan fingerprint density at radius 1 is 1.07 bits per heavy atom. The van der Waals surface area contributed by atoms with Crippen molar-refractivity contribution in [3.63, 3.8) is 0 Å². The number of amides is 1. The minimum absolute atomic E-state index is 0.0190. The zero-order chi connectivity index (χ0) is 20.8. The summed E-state index contributed by atoms with van der Waals surface area (Å²) in [5.74, 6) is 1.39. The van der Waals surface area contributed by atoms with Gasteiger partial charge in [0.1, 0.15) is 29.6 Å². The normalized spacial score (nSPS) is 10.7. The SMILES string of the molecule is COc1cccc(OCc2ccc(C(=O)Nc3ccc(OC(F)F)cc3C)o2)c1. The molecule has 1 aromatic heterocycles. The van der Waals surface area contributed by atoms with E-state index in [0.29, 0.717) is 28.5 Å². The molecule has 152 valence electrons. The topological polar surface area (TPSA) is 69.9 Å². The quantitative estimate of drug-likeness (QED) is 0.571. The van der Waals surface area contributed by atoms with Crippen molar-refractivity contribution in [2.75, 3.05) is 12.4 Å². The van der Waals surface area contributed by atoms with Crippen LogP contribution >= 0.6 is 0 Å². The highest BCUT2D eigenvalue weighted by atomic mass is 19.3. The summed E-state index contributed by atoms with van der Waals surface area (Å²) in [6.45, 7) is -1.10. The maximum absolute atomic E-state index is 12.4. The van der Waals surface area contributed by atoms with Crippen LogP contribution < -0.4 is 19.5 Å². The Morgan fingerprint density at radius 3 is 2.59 bits per heavy atom. The van der Waals surface area contributed by atoms with E-state index >= 15 is 0 Å². The van der Waals surface area contributed by atoms with Gasteiger partial charge in [-0.05, 0) is 55.0 Å². The molecule has 0 aliphatic heterocycles. The number of alkyl halides is 2. The molecule has 0 atom stereocenters. The molecule has 1 amide bonds. The Kier molecular flexibility index (Phi) is 6.33. The van der Waals surface area contributed by atoms with Crippen molar-refractivity contribution in [2.24, 2.45) is 0 Å². The Morgan fingerprint density at radius 2 is 1.86 bits per heavy atom. The van der Waals surface area contributed by atoms with Gasteiger partial charge in [-0.2, -0.15) is 8.78 Å². The molecule has 0 saturated heterocycles. The summed E-state index contributed by atoms with van der Waals surface area (Å²) in [5.41, 5.74) is 1.03. The van der Waals surface area contributed by atoms with Crippen LogP contribution in [-0.2, 0) is 6.61 Å². The largest absolute Gasteiger partial charge is 0.497 e. The number of carbonyl (C=O) groups excluding carboxylic acids is 1. The lowest BCUT2D eigenvalue weighted by Crippen LogP contribution is -2.12. The maximum atomic E-state index is 12.4. The van der Waals surface area contributed by atoms with E-state index in [9.17, 15) is 13.6 Å². The molecule has 0 fully saturated rings. The molecule has 0 aliphatic rings. The summed E-state index contributed by atoms with van der Waals surface area (Å²) >= 11 is 0. The Balaban J connectivity index is 1.60. The molecule has 0 radical (unpaired) electrons. The van der Waals surface area contributed by atoms with Crippen LogP contribution in [0.5, 0.6) is 17.2 Å². The van der Waals surface area contributed by atoms with Crippen LogP contribution in [-0.4, -0.2) is 19.6 Å². The van der Waals surface area contributed by atoms with E-state index in [2.05, 4.69) is 10.1 Å². The fraction of sp³-hybridized carbons (Fsp3) is 0.190. The molecule has 0 saturated carbocycles. The van der Waals surface area contributed by atoms with E-state index in [1.54, 1.807) is 44.4 Å². The molecule has 0 unspecified atom stereocenters. The zero-order valence-corrected chi connectivity index (χ0v) is 15.8. The van der Waals surface area contributed by atoms with Crippen LogP contribution in [0.4, 0.5) is 14.5 Å². The van der Waals surface area contributed by atoms with Crippen molar-refractivity contribution in [2.45, 2.75) is 20.1 Å². The Hall–Kier alpha value is -3.55. The second kappa shape index (κ2) is 9.09. The third kappa shape index (κ3) is 5.47. The number of nitrogens with one attached hydrogen (secondary N) is 1. The summed E-state index contributed by atoms with van der Waals surface area (Å²) < 4.78 is 45.2. The molecule has 2 aromatic carbocycles. The smallest absolute Gasteiger partial charge is 0.387 e. The molecular formula is C21H19F2NO5. The van der Waals surface area contributed by atoms with Crippen LogP contribution in [0.1, 0.15) is 21.9 Å². The molecule has 3 rings (SSSR count). The molecule has 1 heterocycles. The number of carbonyl (C=O) groups is 1. The van der Waals surface area contributed by atoms with E-state index in [-0.39, 0.29) is 18.1 Å². The van der Waals surface area contributed by atoms with Gasteiger partial charge in [0.25, 0.3) is 5.91 Å². The van der Waals surface area contributed by atoms with Gasteiger partial charge in [0, 0.05) is 11.8 Å². The summed E-state index contributed by atoms with van der Waals surface area (Å²) in [5, 5.41) is 2.68. The number of aryl methyl sites for hydroxylation is 1. The highest BCUT2D eigenvalue weighted by Gasteiger charge is 2.14. The summed E-state index contributed by atoms with van der Waals surface area (Å²) in [6, 6.07) is 14.5. The molecule has 6 nitrogen and oxygen atoms in total. The highest BCUT2D eigenvalue weighted by Crippen LogP contribution is 2.24. The van der Waals surface area contributed by atoms with Crippen LogP contribution in [0.2, 0.25) is 0 Å². The Bertz CT molecular complexity index is 987. The number of furan rings is 1. The van der Waals surface area contributed by atoms with Crippen LogP contribution in [0.15, 0.2) is 59.0 Å². The van der Waals surface area contributed by atoms with Crippen molar-refractivity contribution in [3.8, 4) is 17.2 Å². The van der Waals surface area contributed by atoms with Gasteiger partial charge < -0.3 is 23.9 Å². The first-order valence-electron chi connectivity index (χ1n) is 8.67. The fourth-order valence-corrected chi connectivity index (χ4v) is 2.56. The minimum Gasteiger partial charge on any atom is -0.497 e. The summed E-state index contributed by atoms with van der Waals surface area (Å²) in [7, 11) is 1.57. The molecular weight excluding hydrogens is 384 g/mol. The predicted octanol–water partition coefficient (Wildman–Crippen LogP) is 5.03. The lowest BCUT2D eigenvalue weighted by atomic mass is 10.2. The lowest BCUT2D eigenvalue weighted by Gasteiger charge is -2.10. The summed E-state index contributed by atoms with van der Waals surface area (Å²) in [6.07, 6.45) is 0. The highest BCUT2D eigenvalue weighted by molar-refractivity contribution is 6.02. The first kappa shape index (κ1) is 20.2. The van der Waals surface area contributed by atoms with Crippen molar-refractivity contribution in [3.05, 3.63) is 71.7 Å². The minimum atomic E-state index is -2.91. The van der Waals surface area contributed by atoms with Crippen molar-refractivity contribution in [1.82, 2.24) is 0 Å². The van der Waals surface area contributed by atoms with Gasteiger partial charge in [-0.15, -0.1) is 0 Å². The zero-order valence-electron chi connectivity index (χ0n) is 15.8. The van der Waals surface area contributed by atoms with Crippen molar-refractivity contribution < 1.29 is 32.2 Å². The first-order chi connectivity index (χ1) is 13.9. The number of hydrogen-bond acceptors (Lipinski definition) is 5. The number of hydrogen-bond donors (Lipinski definition) is 1. The lowest BCUT2D eigenvalue weighted by molar-refractivity contribution is -0.0498. The van der Waals surface area contributed by atoms with E-state index in [4.69, 9.17) is 13.9 Å². The second-order valence-electron chi connectivity index (χ2n) is 6.04. The van der Waals surface area contributed by atoms with Gasteiger partial charge in [0.2, 0.25) is 0 Å². The van der Waals surface area contributed by atoms with E-state index in [0.717, 1.165) is 0 Å². The first-order valence-corrected chi connectivity index (χ1v) is 8.67. The molecule has 8 heteroatoms. The molecule has 0 bridgehead atoms. The third-order valence-corrected chi connectivity index (χ3v) is 3.98. The monoisotopic (exact) mass is 403 g/mol. The van der Waals surface area contributed by atoms with Crippen LogP contribution in [0.3, 0.4) is 0 Å². The molecule has 29 heavy (non-hydrogen) atoms. The van der Waals surface area contributed by atoms with Crippen LogP contribution in [0.25, 0.3) is 0 Å². The number of rotatable bonds is 8. The van der Waals surface area contributed by atoms with Gasteiger partial charge in [0.15, 0.2) is 5.76 Å². The van der Waals surface area contributed by atoms with Gasteiger partial charge in [-0.1, -0.05) is 6.07 Å². The van der Waals surface area contributed by atoms with E-state index in [1.807, 2.05) is 0 Å². The second-order valence-corrected chi connectivity index (χ2v) is 6.04. The predicted molar refractivity (Wildman–Crippen MR) is 102 cm³/mol. The number of methoxy groups -OCH3 is 1. The van der Waals surface area contributed by atoms with Gasteiger partial charge in [0.05, 0.1) is 7.11 Å². The van der Waals surface area contributed by atoms with Gasteiger partial charge in [-0.25, -0.2) is 0 Å². The molecule has 0 aliphatic carbocycles.